The van der Waals surface area contributed by atoms with Gasteiger partial charge in [0.1, 0.15) is 0 Å². The Morgan fingerprint density at radius 2 is 2.35 bits per heavy atom. The molecule has 4 heteroatoms. The van der Waals surface area contributed by atoms with Crippen molar-refractivity contribution in [1.29, 1.82) is 0 Å². The van der Waals surface area contributed by atoms with Crippen LogP contribution < -0.4 is 5.32 Å². The molecule has 0 bridgehead atoms. The van der Waals surface area contributed by atoms with E-state index in [1.165, 1.54) is 28.8 Å². The van der Waals surface area contributed by atoms with Crippen LogP contribution in [0, 0.1) is 6.92 Å². The number of halogens is 1. The number of H-pyrrole nitrogens is 1. The van der Waals surface area contributed by atoms with Gasteiger partial charge in [-0.1, -0.05) is 17.7 Å². The number of nitrogens with one attached hydrogen (secondary N) is 2. The van der Waals surface area contributed by atoms with Gasteiger partial charge in [-0.05, 0) is 68.0 Å². The maximum atomic E-state index is 6.04. The van der Waals surface area contributed by atoms with Gasteiger partial charge in [0.05, 0.1) is 6.20 Å². The second-order valence-electron chi connectivity index (χ2n) is 5.51. The quantitative estimate of drug-likeness (QED) is 0.826. The molecule has 0 fully saturated rings. The van der Waals surface area contributed by atoms with Crippen molar-refractivity contribution in [3.8, 4) is 0 Å². The van der Waals surface area contributed by atoms with Crippen LogP contribution >= 0.6 is 11.6 Å². The molecule has 20 heavy (non-hydrogen) atoms. The van der Waals surface area contributed by atoms with Crippen LogP contribution in [0.3, 0.4) is 0 Å². The summed E-state index contributed by atoms with van der Waals surface area (Å²) in [6.45, 7) is 3.12. The van der Waals surface area contributed by atoms with Gasteiger partial charge in [0.25, 0.3) is 0 Å². The number of aromatic amines is 1. The summed E-state index contributed by atoms with van der Waals surface area (Å²) in [6, 6.07) is 6.76. The zero-order valence-corrected chi connectivity index (χ0v) is 12.5. The van der Waals surface area contributed by atoms with Crippen molar-refractivity contribution in [2.75, 3.05) is 6.54 Å². The molecule has 0 saturated heterocycles. The van der Waals surface area contributed by atoms with Gasteiger partial charge < -0.3 is 5.32 Å². The first-order chi connectivity index (χ1) is 9.74. The number of nitrogens with zero attached hydrogens (tertiary/aromatic N) is 1. The van der Waals surface area contributed by atoms with Crippen LogP contribution in [-0.4, -0.2) is 16.7 Å². The van der Waals surface area contributed by atoms with Gasteiger partial charge >= 0.3 is 0 Å². The summed E-state index contributed by atoms with van der Waals surface area (Å²) in [5.41, 5.74) is 5.34. The number of benzene rings is 1. The van der Waals surface area contributed by atoms with E-state index in [2.05, 4.69) is 34.6 Å². The Morgan fingerprint density at radius 3 is 3.15 bits per heavy atom. The second-order valence-corrected chi connectivity index (χ2v) is 5.95. The average Bonchev–Trinajstić information content (AvgIpc) is 3.01. The molecule has 3 rings (SSSR count). The van der Waals surface area contributed by atoms with Crippen LogP contribution in [0.25, 0.3) is 0 Å². The van der Waals surface area contributed by atoms with E-state index in [0.29, 0.717) is 6.04 Å². The minimum absolute atomic E-state index is 0.493. The molecule has 2 N–H and O–H groups in total. The Hall–Kier alpha value is -1.32. The monoisotopic (exact) mass is 289 g/mol. The number of aryl methyl sites for hydroxylation is 3. The predicted octanol–water partition coefficient (Wildman–Crippen LogP) is 3.58. The highest BCUT2D eigenvalue weighted by molar-refractivity contribution is 6.30. The van der Waals surface area contributed by atoms with E-state index >= 15 is 0 Å². The second kappa shape index (κ2) is 5.98. The summed E-state index contributed by atoms with van der Waals surface area (Å²) in [7, 11) is 0. The fourth-order valence-electron chi connectivity index (χ4n) is 2.98. The molecular weight excluding hydrogens is 270 g/mol. The summed E-state index contributed by atoms with van der Waals surface area (Å²) >= 11 is 6.04. The Morgan fingerprint density at radius 1 is 1.45 bits per heavy atom. The first-order valence-corrected chi connectivity index (χ1v) is 7.62. The fourth-order valence-corrected chi connectivity index (χ4v) is 3.18. The lowest BCUT2D eigenvalue weighted by atomic mass is 10.1. The fraction of sp³-hybridized carbons (Fsp3) is 0.438. The van der Waals surface area contributed by atoms with Crippen LogP contribution in [0.15, 0.2) is 24.4 Å². The zero-order valence-electron chi connectivity index (χ0n) is 11.7. The number of rotatable bonds is 5. The molecule has 3 nitrogen and oxygen atoms in total. The van der Waals surface area contributed by atoms with Gasteiger partial charge in [-0.2, -0.15) is 5.10 Å². The van der Waals surface area contributed by atoms with Crippen molar-refractivity contribution in [3.63, 3.8) is 0 Å². The Labute approximate surface area is 124 Å². The van der Waals surface area contributed by atoms with Crippen molar-refractivity contribution in [3.05, 3.63) is 51.8 Å². The largest absolute Gasteiger partial charge is 0.310 e. The summed E-state index contributed by atoms with van der Waals surface area (Å²) in [6.07, 6.45) is 6.46. The van der Waals surface area contributed by atoms with Crippen molar-refractivity contribution >= 4 is 11.6 Å². The highest BCUT2D eigenvalue weighted by Crippen LogP contribution is 2.32. The molecule has 0 aliphatic heterocycles. The molecule has 1 atom stereocenters. The highest BCUT2D eigenvalue weighted by atomic mass is 35.5. The minimum Gasteiger partial charge on any atom is -0.310 e. The molecular formula is C16H20ClN3. The van der Waals surface area contributed by atoms with E-state index in [4.69, 9.17) is 11.6 Å². The van der Waals surface area contributed by atoms with Crippen LogP contribution in [0.1, 0.15) is 41.3 Å². The number of hydrogen-bond donors (Lipinski definition) is 2. The number of hydrogen-bond acceptors (Lipinski definition) is 2. The normalized spacial score (nSPS) is 17.4. The first kappa shape index (κ1) is 13.7. The van der Waals surface area contributed by atoms with Crippen molar-refractivity contribution in [2.45, 2.75) is 38.6 Å². The van der Waals surface area contributed by atoms with Crippen molar-refractivity contribution < 1.29 is 0 Å². The maximum Gasteiger partial charge on any atom is 0.0522 e. The van der Waals surface area contributed by atoms with Gasteiger partial charge in [-0.15, -0.1) is 0 Å². The maximum absolute atomic E-state index is 6.04. The summed E-state index contributed by atoms with van der Waals surface area (Å²) in [5.74, 6) is 0. The van der Waals surface area contributed by atoms with Gasteiger partial charge in [-0.25, -0.2) is 0 Å². The van der Waals surface area contributed by atoms with Gasteiger partial charge in [-0.3, -0.25) is 5.10 Å². The molecule has 0 amide bonds. The third-order valence-corrected chi connectivity index (χ3v) is 4.37. The Balaban J connectivity index is 1.50. The van der Waals surface area contributed by atoms with Gasteiger partial charge in [0, 0.05) is 16.8 Å². The van der Waals surface area contributed by atoms with E-state index in [1.54, 1.807) is 0 Å². The lowest BCUT2D eigenvalue weighted by Crippen LogP contribution is -2.20. The standard InChI is InChI=1S/C16H20ClN3/c1-11-13(10-19-20-11)3-2-8-18-16-7-4-12-9-14(17)5-6-15(12)16/h5-6,9-10,16,18H,2-4,7-8H2,1H3,(H,19,20). The lowest BCUT2D eigenvalue weighted by molar-refractivity contribution is 0.520. The highest BCUT2D eigenvalue weighted by Gasteiger charge is 2.21. The van der Waals surface area contributed by atoms with Crippen LogP contribution in [-0.2, 0) is 12.8 Å². The minimum atomic E-state index is 0.493. The Bertz CT molecular complexity index is 591. The third-order valence-electron chi connectivity index (χ3n) is 4.13. The van der Waals surface area contributed by atoms with E-state index in [0.717, 1.165) is 30.8 Å². The summed E-state index contributed by atoms with van der Waals surface area (Å²) < 4.78 is 0. The van der Waals surface area contributed by atoms with Crippen LogP contribution in [0.5, 0.6) is 0 Å². The van der Waals surface area contributed by atoms with E-state index in [1.807, 2.05) is 12.3 Å². The smallest absolute Gasteiger partial charge is 0.0522 e. The van der Waals surface area contributed by atoms with E-state index in [-0.39, 0.29) is 0 Å². The molecule has 1 aliphatic rings. The molecule has 1 aromatic carbocycles. The van der Waals surface area contributed by atoms with Crippen LogP contribution in [0.2, 0.25) is 5.02 Å². The lowest BCUT2D eigenvalue weighted by Gasteiger charge is -2.14. The van der Waals surface area contributed by atoms with Crippen molar-refractivity contribution in [2.24, 2.45) is 0 Å². The third kappa shape index (κ3) is 2.89. The Kier molecular flexibility index (Phi) is 4.08. The average molecular weight is 290 g/mol. The summed E-state index contributed by atoms with van der Waals surface area (Å²) in [4.78, 5) is 0. The van der Waals surface area contributed by atoms with Gasteiger partial charge in [0.15, 0.2) is 0 Å². The van der Waals surface area contributed by atoms with Crippen molar-refractivity contribution in [1.82, 2.24) is 15.5 Å². The van der Waals surface area contributed by atoms with Gasteiger partial charge in [0.2, 0.25) is 0 Å². The molecule has 2 aromatic rings. The predicted molar refractivity (Wildman–Crippen MR) is 82.2 cm³/mol. The molecule has 0 radical (unpaired) electrons. The SMILES string of the molecule is Cc1[nH]ncc1CCCNC1CCc2cc(Cl)ccc21. The topological polar surface area (TPSA) is 40.7 Å². The molecule has 1 heterocycles. The number of aromatic nitrogens is 2. The molecule has 0 saturated carbocycles. The van der Waals surface area contributed by atoms with E-state index < -0.39 is 0 Å². The van der Waals surface area contributed by atoms with Crippen LogP contribution in [0.4, 0.5) is 0 Å². The molecule has 106 valence electrons. The first-order valence-electron chi connectivity index (χ1n) is 7.24. The molecule has 0 spiro atoms. The summed E-state index contributed by atoms with van der Waals surface area (Å²) in [5, 5.41) is 11.6. The molecule has 1 aromatic heterocycles. The molecule has 1 unspecified atom stereocenters. The zero-order chi connectivity index (χ0) is 13.9. The number of fused-ring (bicyclic) bond motifs is 1. The molecule has 1 aliphatic carbocycles. The van der Waals surface area contributed by atoms with E-state index in [9.17, 15) is 0 Å².